The monoisotopic (exact) mass is 226 g/mol. The van der Waals surface area contributed by atoms with Gasteiger partial charge in [-0.05, 0) is 37.0 Å². The number of hydrogen-bond acceptors (Lipinski definition) is 3. The van der Waals surface area contributed by atoms with Gasteiger partial charge >= 0.3 is 0 Å². The molecule has 0 radical (unpaired) electrons. The molecule has 3 heteroatoms. The molecular weight excluding hydrogens is 204 g/mol. The van der Waals surface area contributed by atoms with E-state index in [1.807, 2.05) is 0 Å². The summed E-state index contributed by atoms with van der Waals surface area (Å²) in [5.41, 5.74) is 0. The van der Waals surface area contributed by atoms with E-state index in [1.54, 1.807) is 0 Å². The molecule has 92 valence electrons. The molecule has 3 atom stereocenters. The van der Waals surface area contributed by atoms with Crippen LogP contribution in [0.2, 0.25) is 0 Å². The van der Waals surface area contributed by atoms with Gasteiger partial charge in [0, 0.05) is 13.2 Å². The smallest absolute Gasteiger partial charge is 0.0700 e. The fourth-order valence-corrected chi connectivity index (χ4v) is 2.71. The van der Waals surface area contributed by atoms with Crippen molar-refractivity contribution >= 4 is 0 Å². The highest BCUT2D eigenvalue weighted by molar-refractivity contribution is 5.09. The first-order valence-corrected chi connectivity index (χ1v) is 6.35. The quantitative estimate of drug-likeness (QED) is 0.505. The Hall–Kier alpha value is -0.380. The molecule has 2 aliphatic carbocycles. The van der Waals surface area contributed by atoms with Crippen molar-refractivity contribution in [2.24, 2.45) is 17.8 Å². The van der Waals surface area contributed by atoms with Crippen LogP contribution in [0.5, 0.6) is 0 Å². The second-order valence-corrected chi connectivity index (χ2v) is 4.80. The van der Waals surface area contributed by atoms with Crippen LogP contribution in [0.3, 0.4) is 0 Å². The molecule has 1 N–H and O–H groups in total. The lowest BCUT2D eigenvalue weighted by Gasteiger charge is -2.17. The lowest BCUT2D eigenvalue weighted by atomic mass is 9.95. The molecule has 0 aromatic rings. The van der Waals surface area contributed by atoms with Crippen LogP contribution >= 0.6 is 0 Å². The number of aliphatic hydroxyl groups excluding tert-OH is 1. The van der Waals surface area contributed by atoms with Gasteiger partial charge in [-0.1, -0.05) is 12.2 Å². The number of fused-ring (bicyclic) bond motifs is 2. The van der Waals surface area contributed by atoms with Crippen LogP contribution in [0.4, 0.5) is 0 Å². The number of rotatable bonds is 8. The first kappa shape index (κ1) is 12.1. The topological polar surface area (TPSA) is 38.7 Å². The largest absolute Gasteiger partial charge is 0.396 e. The fraction of sp³-hybridized carbons (Fsp3) is 0.846. The second kappa shape index (κ2) is 6.38. The molecule has 2 aliphatic rings. The van der Waals surface area contributed by atoms with Gasteiger partial charge in [-0.25, -0.2) is 0 Å². The van der Waals surface area contributed by atoms with Crippen LogP contribution in [-0.2, 0) is 9.47 Å². The zero-order chi connectivity index (χ0) is 11.2. The second-order valence-electron chi connectivity index (χ2n) is 4.80. The maximum absolute atomic E-state index is 8.56. The highest BCUT2D eigenvalue weighted by Crippen LogP contribution is 2.43. The minimum absolute atomic E-state index is 0.207. The Morgan fingerprint density at radius 1 is 1.06 bits per heavy atom. The van der Waals surface area contributed by atoms with Crippen molar-refractivity contribution in [2.75, 3.05) is 33.0 Å². The molecule has 0 aromatic carbocycles. The SMILES string of the molecule is OCCCOCCOCC1CC2C=CC1C2. The predicted octanol–water partition coefficient (Wildman–Crippen LogP) is 1.61. The third-order valence-corrected chi connectivity index (χ3v) is 3.57. The van der Waals surface area contributed by atoms with E-state index in [9.17, 15) is 0 Å². The average molecular weight is 226 g/mol. The van der Waals surface area contributed by atoms with Gasteiger partial charge in [0.2, 0.25) is 0 Å². The van der Waals surface area contributed by atoms with Crippen LogP contribution in [0.15, 0.2) is 12.2 Å². The van der Waals surface area contributed by atoms with Crippen LogP contribution < -0.4 is 0 Å². The van der Waals surface area contributed by atoms with E-state index in [4.69, 9.17) is 14.6 Å². The van der Waals surface area contributed by atoms with Gasteiger partial charge in [-0.3, -0.25) is 0 Å². The van der Waals surface area contributed by atoms with E-state index in [2.05, 4.69) is 12.2 Å². The van der Waals surface area contributed by atoms with Crippen molar-refractivity contribution in [1.29, 1.82) is 0 Å². The first-order valence-electron chi connectivity index (χ1n) is 6.35. The van der Waals surface area contributed by atoms with Crippen molar-refractivity contribution in [3.63, 3.8) is 0 Å². The molecule has 3 nitrogen and oxygen atoms in total. The Bertz CT molecular complexity index is 227. The summed E-state index contributed by atoms with van der Waals surface area (Å²) in [6.45, 7) is 3.06. The minimum Gasteiger partial charge on any atom is -0.396 e. The molecule has 0 saturated heterocycles. The molecule has 0 heterocycles. The lowest BCUT2D eigenvalue weighted by molar-refractivity contribution is 0.0261. The van der Waals surface area contributed by atoms with E-state index in [1.165, 1.54) is 12.8 Å². The first-order chi connectivity index (χ1) is 7.90. The van der Waals surface area contributed by atoms with Crippen LogP contribution in [0, 0.1) is 17.8 Å². The van der Waals surface area contributed by atoms with Crippen LogP contribution in [-0.4, -0.2) is 38.1 Å². The van der Waals surface area contributed by atoms with Gasteiger partial charge in [-0.15, -0.1) is 0 Å². The molecule has 1 saturated carbocycles. The molecule has 2 bridgehead atoms. The zero-order valence-corrected chi connectivity index (χ0v) is 9.81. The third-order valence-electron chi connectivity index (χ3n) is 3.57. The molecule has 1 fully saturated rings. The molecule has 16 heavy (non-hydrogen) atoms. The van der Waals surface area contributed by atoms with Gasteiger partial charge < -0.3 is 14.6 Å². The highest BCUT2D eigenvalue weighted by Gasteiger charge is 2.35. The molecule has 0 aromatic heterocycles. The molecule has 0 spiro atoms. The summed E-state index contributed by atoms with van der Waals surface area (Å²) in [6, 6.07) is 0. The maximum atomic E-state index is 8.56. The molecule has 3 unspecified atom stereocenters. The zero-order valence-electron chi connectivity index (χ0n) is 9.81. The Morgan fingerprint density at radius 3 is 2.62 bits per heavy atom. The normalized spacial score (nSPS) is 31.4. The van der Waals surface area contributed by atoms with Gasteiger partial charge in [0.15, 0.2) is 0 Å². The highest BCUT2D eigenvalue weighted by atomic mass is 16.5. The minimum atomic E-state index is 0.207. The Balaban J connectivity index is 1.45. The Kier molecular flexibility index (Phi) is 4.82. The average Bonchev–Trinajstić information content (AvgIpc) is 2.90. The van der Waals surface area contributed by atoms with E-state index >= 15 is 0 Å². The predicted molar refractivity (Wildman–Crippen MR) is 62.2 cm³/mol. The Labute approximate surface area is 97.4 Å². The van der Waals surface area contributed by atoms with E-state index in [-0.39, 0.29) is 6.61 Å². The summed E-state index contributed by atoms with van der Waals surface area (Å²) >= 11 is 0. The van der Waals surface area contributed by atoms with Crippen LogP contribution in [0.1, 0.15) is 19.3 Å². The lowest BCUT2D eigenvalue weighted by Crippen LogP contribution is -2.16. The third kappa shape index (κ3) is 3.30. The molecule has 0 amide bonds. The van der Waals surface area contributed by atoms with Crippen molar-refractivity contribution < 1.29 is 14.6 Å². The Morgan fingerprint density at radius 2 is 1.94 bits per heavy atom. The summed E-state index contributed by atoms with van der Waals surface area (Å²) in [4.78, 5) is 0. The molecule has 2 rings (SSSR count). The number of allylic oxidation sites excluding steroid dienone is 2. The van der Waals surface area contributed by atoms with Gasteiger partial charge in [0.25, 0.3) is 0 Å². The van der Waals surface area contributed by atoms with Gasteiger partial charge in [0.05, 0.1) is 19.8 Å². The van der Waals surface area contributed by atoms with Crippen molar-refractivity contribution in [1.82, 2.24) is 0 Å². The van der Waals surface area contributed by atoms with Gasteiger partial charge in [0.1, 0.15) is 0 Å². The molecular formula is C13H22O3. The van der Waals surface area contributed by atoms with Crippen molar-refractivity contribution in [2.45, 2.75) is 19.3 Å². The van der Waals surface area contributed by atoms with E-state index < -0.39 is 0 Å². The number of aliphatic hydroxyl groups is 1. The summed E-state index contributed by atoms with van der Waals surface area (Å²) < 4.78 is 10.9. The molecule has 0 aliphatic heterocycles. The summed E-state index contributed by atoms with van der Waals surface area (Å²) in [5, 5.41) is 8.56. The van der Waals surface area contributed by atoms with Crippen LogP contribution in [0.25, 0.3) is 0 Å². The summed E-state index contributed by atoms with van der Waals surface area (Å²) in [6.07, 6.45) is 8.10. The number of ether oxygens (including phenoxy) is 2. The van der Waals surface area contributed by atoms with Crippen molar-refractivity contribution in [3.05, 3.63) is 12.2 Å². The van der Waals surface area contributed by atoms with E-state index in [0.29, 0.717) is 19.8 Å². The fourth-order valence-electron chi connectivity index (χ4n) is 2.71. The summed E-state index contributed by atoms with van der Waals surface area (Å²) in [7, 11) is 0. The van der Waals surface area contributed by atoms with E-state index in [0.717, 1.165) is 30.8 Å². The number of hydrogen-bond donors (Lipinski definition) is 1. The maximum Gasteiger partial charge on any atom is 0.0700 e. The van der Waals surface area contributed by atoms with Gasteiger partial charge in [-0.2, -0.15) is 0 Å². The standard InChI is InChI=1S/C13H22O3/c14-4-1-5-15-6-7-16-10-13-9-11-2-3-12(13)8-11/h2-3,11-14H,1,4-10H2. The summed E-state index contributed by atoms with van der Waals surface area (Å²) in [5.74, 6) is 2.35. The van der Waals surface area contributed by atoms with Crippen molar-refractivity contribution in [3.8, 4) is 0 Å².